The molecule has 0 heterocycles. The molecule has 0 saturated heterocycles. The molecule has 0 saturated carbocycles. The van der Waals surface area contributed by atoms with Crippen LogP contribution in [-0.4, -0.2) is 19.1 Å². The summed E-state index contributed by atoms with van der Waals surface area (Å²) in [7, 11) is 0. The van der Waals surface area contributed by atoms with Gasteiger partial charge in [-0.25, -0.2) is 0 Å². The number of benzene rings is 2. The van der Waals surface area contributed by atoms with Crippen molar-refractivity contribution in [3.05, 3.63) is 54.1 Å². The molecule has 23 heavy (non-hydrogen) atoms. The minimum Gasteiger partial charge on any atom is -0.433 e. The number of anilines is 2. The fourth-order valence-electron chi connectivity index (χ4n) is 1.86. The van der Waals surface area contributed by atoms with Gasteiger partial charge < -0.3 is 15.4 Å². The molecule has 0 fully saturated rings. The predicted octanol–water partition coefficient (Wildman–Crippen LogP) is 3.21. The van der Waals surface area contributed by atoms with Gasteiger partial charge in [-0.15, -0.1) is 0 Å². The average Bonchev–Trinajstić information content (AvgIpc) is 2.53. The van der Waals surface area contributed by atoms with E-state index >= 15 is 0 Å². The molecule has 7 heteroatoms. The Bertz CT molecular complexity index is 729. The van der Waals surface area contributed by atoms with Crippen LogP contribution in [0.25, 0.3) is 0 Å². The van der Waals surface area contributed by atoms with E-state index in [1.165, 1.54) is 18.2 Å². The lowest BCUT2D eigenvalue weighted by Crippen LogP contribution is -2.22. The smallest absolute Gasteiger partial charge is 0.387 e. The van der Waals surface area contributed by atoms with Crippen molar-refractivity contribution >= 4 is 17.3 Å². The second kappa shape index (κ2) is 7.75. The van der Waals surface area contributed by atoms with Crippen LogP contribution in [0, 0.1) is 11.3 Å². The van der Waals surface area contributed by atoms with Crippen LogP contribution in [0.3, 0.4) is 0 Å². The summed E-state index contributed by atoms with van der Waals surface area (Å²) in [5.41, 5.74) is 1.19. The van der Waals surface area contributed by atoms with Crippen molar-refractivity contribution in [1.82, 2.24) is 0 Å². The monoisotopic (exact) mass is 317 g/mol. The van der Waals surface area contributed by atoms with Crippen molar-refractivity contribution in [3.63, 3.8) is 0 Å². The summed E-state index contributed by atoms with van der Waals surface area (Å²) in [5, 5.41) is 14.1. The maximum Gasteiger partial charge on any atom is 0.387 e. The van der Waals surface area contributed by atoms with Crippen LogP contribution >= 0.6 is 0 Å². The highest BCUT2D eigenvalue weighted by Gasteiger charge is 2.10. The highest BCUT2D eigenvalue weighted by molar-refractivity contribution is 5.94. The summed E-state index contributed by atoms with van der Waals surface area (Å²) < 4.78 is 29.0. The number of amides is 1. The zero-order valence-electron chi connectivity index (χ0n) is 11.9. The molecule has 0 aliphatic carbocycles. The number of hydrogen-bond acceptors (Lipinski definition) is 4. The molecule has 0 radical (unpaired) electrons. The second-order valence-corrected chi connectivity index (χ2v) is 4.47. The largest absolute Gasteiger partial charge is 0.433 e. The number of ether oxygens (including phenoxy) is 1. The third kappa shape index (κ3) is 4.97. The molecule has 2 N–H and O–H groups in total. The number of nitrogens with zero attached hydrogens (tertiary/aromatic N) is 1. The molecule has 5 nitrogen and oxygen atoms in total. The first-order valence-corrected chi connectivity index (χ1v) is 6.66. The molecule has 0 aromatic heterocycles. The summed E-state index contributed by atoms with van der Waals surface area (Å²) in [4.78, 5) is 11.9. The van der Waals surface area contributed by atoms with Gasteiger partial charge in [-0.05, 0) is 30.3 Å². The Balaban J connectivity index is 1.95. The van der Waals surface area contributed by atoms with E-state index in [1.54, 1.807) is 30.3 Å². The number of para-hydroxylation sites is 2. The molecule has 2 aromatic rings. The van der Waals surface area contributed by atoms with Gasteiger partial charge in [-0.2, -0.15) is 14.0 Å². The first kappa shape index (κ1) is 16.2. The van der Waals surface area contributed by atoms with Gasteiger partial charge in [0, 0.05) is 5.69 Å². The van der Waals surface area contributed by atoms with Gasteiger partial charge in [-0.3, -0.25) is 4.79 Å². The van der Waals surface area contributed by atoms with E-state index in [9.17, 15) is 13.6 Å². The predicted molar refractivity (Wildman–Crippen MR) is 81.4 cm³/mol. The second-order valence-electron chi connectivity index (χ2n) is 4.47. The highest BCUT2D eigenvalue weighted by atomic mass is 19.3. The lowest BCUT2D eigenvalue weighted by Gasteiger charge is -2.12. The third-order valence-electron chi connectivity index (χ3n) is 2.82. The minimum absolute atomic E-state index is 0.0400. The number of nitrogens with one attached hydrogen (secondary N) is 2. The topological polar surface area (TPSA) is 74.2 Å². The highest BCUT2D eigenvalue weighted by Crippen LogP contribution is 2.25. The van der Waals surface area contributed by atoms with Crippen molar-refractivity contribution in [2.75, 3.05) is 17.2 Å². The molecule has 2 rings (SSSR count). The van der Waals surface area contributed by atoms with Crippen molar-refractivity contribution in [2.45, 2.75) is 6.61 Å². The zero-order valence-corrected chi connectivity index (χ0v) is 11.9. The number of alkyl halides is 2. The van der Waals surface area contributed by atoms with E-state index in [1.807, 2.05) is 6.07 Å². The first-order valence-electron chi connectivity index (χ1n) is 6.66. The van der Waals surface area contributed by atoms with Crippen molar-refractivity contribution in [2.24, 2.45) is 0 Å². The molecule has 0 spiro atoms. The average molecular weight is 317 g/mol. The first-order chi connectivity index (χ1) is 11.1. The molecule has 118 valence electrons. The van der Waals surface area contributed by atoms with E-state index in [2.05, 4.69) is 15.4 Å². The summed E-state index contributed by atoms with van der Waals surface area (Å²) in [6.07, 6.45) is 0. The number of hydrogen-bond donors (Lipinski definition) is 2. The number of carbonyl (C=O) groups is 1. The number of nitriles is 1. The Morgan fingerprint density at radius 1 is 1.22 bits per heavy atom. The molecule has 1 amide bonds. The molecule has 0 unspecified atom stereocenters. The van der Waals surface area contributed by atoms with Gasteiger partial charge >= 0.3 is 6.61 Å². The standard InChI is InChI=1S/C16H13F2N3O2/c17-16(18)23-14-7-2-1-6-13(14)20-10-15(22)21-12-5-3-4-11(8-12)9-19/h1-8,16,20H,10H2,(H,21,22). The Labute approximate surface area is 131 Å². The normalized spacial score (nSPS) is 10.0. The summed E-state index contributed by atoms with van der Waals surface area (Å²) in [6, 6.07) is 14.5. The Kier molecular flexibility index (Phi) is 5.47. The van der Waals surface area contributed by atoms with Crippen LogP contribution in [0.5, 0.6) is 5.75 Å². The quantitative estimate of drug-likeness (QED) is 0.858. The van der Waals surface area contributed by atoms with Gasteiger partial charge in [0.25, 0.3) is 0 Å². The lowest BCUT2D eigenvalue weighted by atomic mass is 10.2. The lowest BCUT2D eigenvalue weighted by molar-refractivity contribution is -0.114. The van der Waals surface area contributed by atoms with E-state index < -0.39 is 6.61 Å². The van der Waals surface area contributed by atoms with Crippen LogP contribution in [0.15, 0.2) is 48.5 Å². The van der Waals surface area contributed by atoms with Crippen LogP contribution in [0.4, 0.5) is 20.2 Å². The fourth-order valence-corrected chi connectivity index (χ4v) is 1.86. The van der Waals surface area contributed by atoms with E-state index in [0.29, 0.717) is 11.3 Å². The zero-order chi connectivity index (χ0) is 16.7. The molecule has 0 aliphatic rings. The van der Waals surface area contributed by atoms with Gasteiger partial charge in [0.2, 0.25) is 5.91 Å². The van der Waals surface area contributed by atoms with Crippen LogP contribution in [-0.2, 0) is 4.79 Å². The summed E-state index contributed by atoms with van der Waals surface area (Å²) in [5.74, 6) is -0.422. The SMILES string of the molecule is N#Cc1cccc(NC(=O)CNc2ccccc2OC(F)F)c1. The van der Waals surface area contributed by atoms with Gasteiger partial charge in [0.05, 0.1) is 23.9 Å². The van der Waals surface area contributed by atoms with E-state index in [0.717, 1.165) is 0 Å². The number of carbonyl (C=O) groups excluding carboxylic acids is 1. The van der Waals surface area contributed by atoms with E-state index in [4.69, 9.17) is 5.26 Å². The third-order valence-corrected chi connectivity index (χ3v) is 2.82. The van der Waals surface area contributed by atoms with Crippen molar-refractivity contribution in [3.8, 4) is 11.8 Å². The molecule has 0 atom stereocenters. The maximum atomic E-state index is 12.3. The Morgan fingerprint density at radius 2 is 2.00 bits per heavy atom. The molecule has 0 bridgehead atoms. The molecular formula is C16H13F2N3O2. The van der Waals surface area contributed by atoms with Gasteiger partial charge in [0.15, 0.2) is 0 Å². The van der Waals surface area contributed by atoms with Gasteiger partial charge in [-0.1, -0.05) is 18.2 Å². The molecule has 0 aliphatic heterocycles. The molecular weight excluding hydrogens is 304 g/mol. The van der Waals surface area contributed by atoms with Crippen LogP contribution in [0.2, 0.25) is 0 Å². The minimum atomic E-state index is -2.94. The maximum absolute atomic E-state index is 12.3. The van der Waals surface area contributed by atoms with Gasteiger partial charge in [0.1, 0.15) is 5.75 Å². The molecule has 2 aromatic carbocycles. The van der Waals surface area contributed by atoms with Crippen molar-refractivity contribution in [1.29, 1.82) is 5.26 Å². The number of rotatable bonds is 6. The Morgan fingerprint density at radius 3 is 2.74 bits per heavy atom. The van der Waals surface area contributed by atoms with Crippen LogP contribution < -0.4 is 15.4 Å². The summed E-state index contributed by atoms with van der Waals surface area (Å²) >= 11 is 0. The van der Waals surface area contributed by atoms with E-state index in [-0.39, 0.29) is 23.9 Å². The summed E-state index contributed by atoms with van der Waals surface area (Å²) in [6.45, 7) is -3.08. The fraction of sp³-hybridized carbons (Fsp3) is 0.125. The van der Waals surface area contributed by atoms with Crippen LogP contribution in [0.1, 0.15) is 5.56 Å². The number of halogens is 2. The van der Waals surface area contributed by atoms with Crippen molar-refractivity contribution < 1.29 is 18.3 Å². The Hall–Kier alpha value is -3.14.